The summed E-state index contributed by atoms with van der Waals surface area (Å²) >= 11 is 0. The molecule has 1 unspecified atom stereocenters. The first kappa shape index (κ1) is 11.5. The van der Waals surface area contributed by atoms with Crippen LogP contribution in [0.5, 0.6) is 0 Å². The number of hydrogen-bond donors (Lipinski definition) is 1. The van der Waals surface area contributed by atoms with E-state index in [-0.39, 0.29) is 6.42 Å². The molecule has 3 heteroatoms. The second-order valence-corrected chi connectivity index (χ2v) is 4.38. The van der Waals surface area contributed by atoms with Crippen molar-refractivity contribution in [2.24, 2.45) is 0 Å². The van der Waals surface area contributed by atoms with E-state index >= 15 is 0 Å². The summed E-state index contributed by atoms with van der Waals surface area (Å²) in [6.45, 7) is 2.72. The van der Waals surface area contributed by atoms with Gasteiger partial charge in [0.2, 0.25) is 0 Å². The van der Waals surface area contributed by atoms with E-state index in [9.17, 15) is 8.78 Å². The molecular formula is C13H17F2N. The van der Waals surface area contributed by atoms with E-state index < -0.39 is 12.0 Å². The molecule has 0 aromatic heterocycles. The highest BCUT2D eigenvalue weighted by Crippen LogP contribution is 2.42. The van der Waals surface area contributed by atoms with Gasteiger partial charge in [-0.15, -0.1) is 0 Å². The number of hydrogen-bond acceptors (Lipinski definition) is 1. The zero-order valence-corrected chi connectivity index (χ0v) is 9.47. The summed E-state index contributed by atoms with van der Waals surface area (Å²) in [6, 6.07) is 6.46. The second-order valence-electron chi connectivity index (χ2n) is 4.38. The Labute approximate surface area is 94.9 Å². The maximum absolute atomic E-state index is 13.8. The average Bonchev–Trinajstić information content (AvgIpc) is 2.50. The molecule has 0 amide bonds. The SMILES string of the molecule is CCCCNC1c2ccccc2CC1(F)F. The molecule has 1 atom stereocenters. The number of halogens is 2. The van der Waals surface area contributed by atoms with Gasteiger partial charge >= 0.3 is 0 Å². The predicted molar refractivity (Wildman–Crippen MR) is 60.7 cm³/mol. The molecule has 0 aliphatic heterocycles. The van der Waals surface area contributed by atoms with Crippen LogP contribution in [0.4, 0.5) is 8.78 Å². The molecule has 0 bridgehead atoms. The molecular weight excluding hydrogens is 208 g/mol. The Bertz CT molecular complexity index is 363. The molecule has 1 aromatic carbocycles. The van der Waals surface area contributed by atoms with Gasteiger partial charge in [-0.3, -0.25) is 0 Å². The molecule has 1 nitrogen and oxygen atoms in total. The number of rotatable bonds is 4. The lowest BCUT2D eigenvalue weighted by Gasteiger charge is -2.21. The van der Waals surface area contributed by atoms with Crippen LogP contribution in [0.25, 0.3) is 0 Å². The van der Waals surface area contributed by atoms with Crippen molar-refractivity contribution < 1.29 is 8.78 Å². The second kappa shape index (κ2) is 4.50. The summed E-state index contributed by atoms with van der Waals surface area (Å²) < 4.78 is 27.5. The van der Waals surface area contributed by atoms with Crippen molar-refractivity contribution in [1.29, 1.82) is 0 Å². The van der Waals surface area contributed by atoms with Gasteiger partial charge in [0.1, 0.15) is 0 Å². The molecule has 1 aliphatic rings. The molecule has 1 aliphatic carbocycles. The Balaban J connectivity index is 2.15. The van der Waals surface area contributed by atoms with Crippen molar-refractivity contribution in [3.63, 3.8) is 0 Å². The van der Waals surface area contributed by atoms with E-state index in [0.29, 0.717) is 6.54 Å². The minimum atomic E-state index is -2.64. The largest absolute Gasteiger partial charge is 0.305 e. The summed E-state index contributed by atoms with van der Waals surface area (Å²) in [5, 5.41) is 2.98. The Morgan fingerprint density at radius 3 is 2.88 bits per heavy atom. The first-order valence-corrected chi connectivity index (χ1v) is 5.84. The Kier molecular flexibility index (Phi) is 3.24. The zero-order chi connectivity index (χ0) is 11.6. The van der Waals surface area contributed by atoms with E-state index in [1.807, 2.05) is 12.1 Å². The maximum Gasteiger partial charge on any atom is 0.271 e. The predicted octanol–water partition coefficient (Wildman–Crippen LogP) is 3.31. The maximum atomic E-state index is 13.8. The normalized spacial score (nSPS) is 22.1. The fourth-order valence-corrected chi connectivity index (χ4v) is 2.24. The third-order valence-electron chi connectivity index (χ3n) is 3.09. The highest BCUT2D eigenvalue weighted by molar-refractivity contribution is 5.37. The minimum absolute atomic E-state index is 0.132. The van der Waals surface area contributed by atoms with Crippen LogP contribution >= 0.6 is 0 Å². The molecule has 1 N–H and O–H groups in total. The summed E-state index contributed by atoms with van der Waals surface area (Å²) in [7, 11) is 0. The number of unbranched alkanes of at least 4 members (excludes halogenated alkanes) is 1. The molecule has 0 spiro atoms. The molecule has 0 radical (unpaired) electrons. The monoisotopic (exact) mass is 225 g/mol. The molecule has 2 rings (SSSR count). The van der Waals surface area contributed by atoms with E-state index in [0.717, 1.165) is 24.0 Å². The van der Waals surface area contributed by atoms with Crippen molar-refractivity contribution >= 4 is 0 Å². The van der Waals surface area contributed by atoms with Gasteiger partial charge in [0.15, 0.2) is 0 Å². The quantitative estimate of drug-likeness (QED) is 0.775. The van der Waals surface area contributed by atoms with Crippen molar-refractivity contribution in [2.45, 2.75) is 38.2 Å². The highest BCUT2D eigenvalue weighted by Gasteiger charge is 2.46. The van der Waals surface area contributed by atoms with Crippen LogP contribution < -0.4 is 5.32 Å². The number of fused-ring (bicyclic) bond motifs is 1. The Hall–Kier alpha value is -0.960. The van der Waals surface area contributed by atoms with Crippen molar-refractivity contribution in [3.05, 3.63) is 35.4 Å². The summed E-state index contributed by atoms with van der Waals surface area (Å²) in [6.07, 6.45) is 1.83. The lowest BCUT2D eigenvalue weighted by atomic mass is 10.1. The van der Waals surface area contributed by atoms with Gasteiger partial charge in [0.05, 0.1) is 6.04 Å². The molecule has 0 heterocycles. The van der Waals surface area contributed by atoms with Crippen LogP contribution in [0.15, 0.2) is 24.3 Å². The van der Waals surface area contributed by atoms with Crippen LogP contribution in [0, 0.1) is 0 Å². The van der Waals surface area contributed by atoms with Gasteiger partial charge in [-0.1, -0.05) is 37.6 Å². The van der Waals surface area contributed by atoms with Crippen LogP contribution in [-0.4, -0.2) is 12.5 Å². The summed E-state index contributed by atoms with van der Waals surface area (Å²) in [5.74, 6) is -2.64. The number of nitrogens with one attached hydrogen (secondary N) is 1. The molecule has 88 valence electrons. The van der Waals surface area contributed by atoms with Gasteiger partial charge in [-0.25, -0.2) is 8.78 Å². The fraction of sp³-hybridized carbons (Fsp3) is 0.538. The third-order valence-corrected chi connectivity index (χ3v) is 3.09. The smallest absolute Gasteiger partial charge is 0.271 e. The van der Waals surface area contributed by atoms with Gasteiger partial charge in [-0.2, -0.15) is 0 Å². The lowest BCUT2D eigenvalue weighted by molar-refractivity contribution is -0.0256. The van der Waals surface area contributed by atoms with Crippen molar-refractivity contribution in [1.82, 2.24) is 5.32 Å². The van der Waals surface area contributed by atoms with Crippen molar-refractivity contribution in [3.8, 4) is 0 Å². The Morgan fingerprint density at radius 2 is 2.12 bits per heavy atom. The lowest BCUT2D eigenvalue weighted by Crippen LogP contribution is -2.34. The summed E-state index contributed by atoms with van der Waals surface area (Å²) in [4.78, 5) is 0. The average molecular weight is 225 g/mol. The first-order valence-electron chi connectivity index (χ1n) is 5.84. The van der Waals surface area contributed by atoms with E-state index in [1.54, 1.807) is 12.1 Å². The first-order chi connectivity index (χ1) is 7.65. The fourth-order valence-electron chi connectivity index (χ4n) is 2.24. The van der Waals surface area contributed by atoms with Gasteiger partial charge < -0.3 is 5.32 Å². The summed E-state index contributed by atoms with van der Waals surface area (Å²) in [5.41, 5.74) is 1.55. The Morgan fingerprint density at radius 1 is 1.38 bits per heavy atom. The molecule has 0 saturated carbocycles. The standard InChI is InChI=1S/C13H17F2N/c1-2-3-8-16-12-11-7-5-4-6-10(11)9-13(12,14)15/h4-7,12,16H,2-3,8-9H2,1H3. The van der Waals surface area contributed by atoms with Crippen molar-refractivity contribution in [2.75, 3.05) is 6.54 Å². The number of benzene rings is 1. The third kappa shape index (κ3) is 2.09. The van der Waals surface area contributed by atoms with Crippen LogP contribution in [-0.2, 0) is 6.42 Å². The zero-order valence-electron chi connectivity index (χ0n) is 9.47. The van der Waals surface area contributed by atoms with Gasteiger partial charge in [0.25, 0.3) is 5.92 Å². The minimum Gasteiger partial charge on any atom is -0.305 e. The molecule has 16 heavy (non-hydrogen) atoms. The van der Waals surface area contributed by atoms with Gasteiger partial charge in [-0.05, 0) is 24.1 Å². The van der Waals surface area contributed by atoms with E-state index in [1.165, 1.54) is 0 Å². The van der Waals surface area contributed by atoms with E-state index in [2.05, 4.69) is 12.2 Å². The van der Waals surface area contributed by atoms with Crippen LogP contribution in [0.2, 0.25) is 0 Å². The van der Waals surface area contributed by atoms with Crippen LogP contribution in [0.1, 0.15) is 36.9 Å². The number of alkyl halides is 2. The van der Waals surface area contributed by atoms with Gasteiger partial charge in [0, 0.05) is 6.42 Å². The molecule has 0 fully saturated rings. The van der Waals surface area contributed by atoms with Crippen LogP contribution in [0.3, 0.4) is 0 Å². The topological polar surface area (TPSA) is 12.0 Å². The van der Waals surface area contributed by atoms with E-state index in [4.69, 9.17) is 0 Å². The molecule has 1 aromatic rings. The highest BCUT2D eigenvalue weighted by atomic mass is 19.3. The molecule has 0 saturated heterocycles.